The number of benzene rings is 3. The molecule has 10 nitrogen and oxygen atoms in total. The summed E-state index contributed by atoms with van der Waals surface area (Å²) < 4.78 is 10.8. The van der Waals surface area contributed by atoms with Crippen LogP contribution in [0, 0.1) is 10.1 Å². The first kappa shape index (κ1) is 22.9. The number of non-ortho nitro benzene ring substituents is 1. The molecule has 3 rings (SSSR count). The van der Waals surface area contributed by atoms with Crippen molar-refractivity contribution in [1.82, 2.24) is 5.43 Å². The number of carbonyl (C=O) groups is 2. The van der Waals surface area contributed by atoms with Crippen LogP contribution >= 0.6 is 0 Å². The normalized spacial score (nSPS) is 10.5. The molecule has 0 radical (unpaired) electrons. The maximum atomic E-state index is 12.1. The highest BCUT2D eigenvalue weighted by molar-refractivity contribution is 5.95. The number of carbonyl (C=O) groups excluding carboxylic acids is 2. The molecule has 0 unspecified atom stereocenters. The molecule has 0 aromatic heterocycles. The molecule has 0 aliphatic rings. The van der Waals surface area contributed by atoms with Crippen molar-refractivity contribution >= 4 is 29.4 Å². The fraction of sp³-hybridized carbons (Fsp3) is 0.0870. The Bertz CT molecular complexity index is 1160. The van der Waals surface area contributed by atoms with Gasteiger partial charge in [0.15, 0.2) is 18.1 Å². The third-order valence-corrected chi connectivity index (χ3v) is 4.32. The van der Waals surface area contributed by atoms with Crippen LogP contribution in [0.4, 0.5) is 11.4 Å². The molecule has 0 fully saturated rings. The molecule has 33 heavy (non-hydrogen) atoms. The molecule has 0 aliphatic carbocycles. The standard InChI is InChI=1S/C23H20N4O6/c1-32-21-13-16(14-24-26-23(29)17-8-10-19(11-9-17)27(30)31)7-12-20(21)33-15-22(28)25-18-5-3-2-4-6-18/h2-14H,15H2,1H3,(H,25,28)(H,26,29). The van der Waals surface area contributed by atoms with Crippen molar-refractivity contribution in [2.75, 3.05) is 19.0 Å². The van der Waals surface area contributed by atoms with E-state index in [1.54, 1.807) is 30.3 Å². The van der Waals surface area contributed by atoms with E-state index in [9.17, 15) is 19.7 Å². The van der Waals surface area contributed by atoms with Crippen LogP contribution in [0.15, 0.2) is 77.9 Å². The van der Waals surface area contributed by atoms with Gasteiger partial charge in [-0.15, -0.1) is 0 Å². The fourth-order valence-electron chi connectivity index (χ4n) is 2.71. The van der Waals surface area contributed by atoms with Gasteiger partial charge in [-0.3, -0.25) is 19.7 Å². The zero-order valence-electron chi connectivity index (χ0n) is 17.6. The first-order chi connectivity index (χ1) is 16.0. The lowest BCUT2D eigenvalue weighted by Gasteiger charge is -2.11. The van der Waals surface area contributed by atoms with Gasteiger partial charge in [0.1, 0.15) is 0 Å². The van der Waals surface area contributed by atoms with Gasteiger partial charge in [-0.1, -0.05) is 18.2 Å². The number of nitro benzene ring substituents is 1. The highest BCUT2D eigenvalue weighted by Gasteiger charge is 2.10. The number of hydrazone groups is 1. The van der Waals surface area contributed by atoms with E-state index in [2.05, 4.69) is 15.8 Å². The van der Waals surface area contributed by atoms with Crippen LogP contribution in [-0.4, -0.2) is 36.7 Å². The lowest BCUT2D eigenvalue weighted by Crippen LogP contribution is -2.20. The molecule has 0 spiro atoms. The SMILES string of the molecule is COc1cc(C=NNC(=O)c2ccc([N+](=O)[O-])cc2)ccc1OCC(=O)Nc1ccccc1. The van der Waals surface area contributed by atoms with E-state index in [0.717, 1.165) is 0 Å². The Balaban J connectivity index is 1.56. The summed E-state index contributed by atoms with van der Waals surface area (Å²) >= 11 is 0. The van der Waals surface area contributed by atoms with Crippen molar-refractivity contribution in [1.29, 1.82) is 0 Å². The van der Waals surface area contributed by atoms with Crippen LogP contribution in [0.25, 0.3) is 0 Å². The predicted molar refractivity (Wildman–Crippen MR) is 122 cm³/mol. The number of ether oxygens (including phenoxy) is 2. The summed E-state index contributed by atoms with van der Waals surface area (Å²) in [4.78, 5) is 34.3. The van der Waals surface area contributed by atoms with E-state index in [-0.39, 0.29) is 23.8 Å². The maximum absolute atomic E-state index is 12.1. The van der Waals surface area contributed by atoms with Crippen molar-refractivity contribution in [3.63, 3.8) is 0 Å². The number of hydrogen-bond donors (Lipinski definition) is 2. The quantitative estimate of drug-likeness (QED) is 0.293. The van der Waals surface area contributed by atoms with Crippen molar-refractivity contribution < 1.29 is 24.0 Å². The number of nitro groups is 1. The number of para-hydroxylation sites is 1. The zero-order valence-corrected chi connectivity index (χ0v) is 17.6. The number of amides is 2. The van der Waals surface area contributed by atoms with Crippen LogP contribution in [0.2, 0.25) is 0 Å². The third kappa shape index (κ3) is 6.62. The molecule has 0 aliphatic heterocycles. The summed E-state index contributed by atoms with van der Waals surface area (Å²) in [5.74, 6) is -0.0822. The van der Waals surface area contributed by atoms with Gasteiger partial charge in [0, 0.05) is 23.4 Å². The maximum Gasteiger partial charge on any atom is 0.271 e. The average molecular weight is 448 g/mol. The summed E-state index contributed by atoms with van der Waals surface area (Å²) in [7, 11) is 1.46. The minimum atomic E-state index is -0.545. The number of nitrogens with one attached hydrogen (secondary N) is 2. The van der Waals surface area contributed by atoms with Crippen molar-refractivity contribution in [2.45, 2.75) is 0 Å². The molecular weight excluding hydrogens is 428 g/mol. The summed E-state index contributed by atoms with van der Waals surface area (Å²) in [6, 6.07) is 19.1. The zero-order chi connectivity index (χ0) is 23.6. The summed E-state index contributed by atoms with van der Waals surface area (Å²) in [6.07, 6.45) is 1.40. The Morgan fingerprint density at radius 1 is 1.03 bits per heavy atom. The predicted octanol–water partition coefficient (Wildman–Crippen LogP) is 3.38. The van der Waals surface area contributed by atoms with E-state index in [4.69, 9.17) is 9.47 Å². The lowest BCUT2D eigenvalue weighted by molar-refractivity contribution is -0.384. The van der Waals surface area contributed by atoms with Crippen molar-refractivity contribution in [3.8, 4) is 11.5 Å². The van der Waals surface area contributed by atoms with Gasteiger partial charge in [-0.25, -0.2) is 5.43 Å². The molecule has 2 N–H and O–H groups in total. The van der Waals surface area contributed by atoms with Gasteiger partial charge >= 0.3 is 0 Å². The minimum Gasteiger partial charge on any atom is -0.493 e. The summed E-state index contributed by atoms with van der Waals surface area (Å²) in [5.41, 5.74) is 3.74. The van der Waals surface area contributed by atoms with E-state index < -0.39 is 10.8 Å². The van der Waals surface area contributed by atoms with Gasteiger partial charge in [0.2, 0.25) is 0 Å². The molecule has 168 valence electrons. The van der Waals surface area contributed by atoms with E-state index in [1.807, 2.05) is 18.2 Å². The fourth-order valence-corrected chi connectivity index (χ4v) is 2.71. The van der Waals surface area contributed by atoms with E-state index >= 15 is 0 Å². The number of anilines is 1. The molecule has 0 saturated carbocycles. The van der Waals surface area contributed by atoms with E-state index in [0.29, 0.717) is 22.7 Å². The van der Waals surface area contributed by atoms with E-state index in [1.165, 1.54) is 37.6 Å². The number of methoxy groups -OCH3 is 1. The Morgan fingerprint density at radius 3 is 2.42 bits per heavy atom. The second-order valence-corrected chi connectivity index (χ2v) is 6.62. The molecule has 0 bridgehead atoms. The first-order valence-electron chi connectivity index (χ1n) is 9.70. The van der Waals surface area contributed by atoms with Crippen LogP contribution in [0.1, 0.15) is 15.9 Å². The molecule has 0 saturated heterocycles. The molecule has 3 aromatic carbocycles. The Labute approximate surface area is 189 Å². The first-order valence-corrected chi connectivity index (χ1v) is 9.70. The van der Waals surface area contributed by atoms with Gasteiger partial charge in [0.05, 0.1) is 18.2 Å². The van der Waals surface area contributed by atoms with Crippen LogP contribution < -0.4 is 20.2 Å². The van der Waals surface area contributed by atoms with Crippen molar-refractivity contribution in [3.05, 3.63) is 94.0 Å². The Hall–Kier alpha value is -4.73. The number of hydrogen-bond acceptors (Lipinski definition) is 7. The summed E-state index contributed by atoms with van der Waals surface area (Å²) in [5, 5.41) is 17.3. The Kier molecular flexibility index (Phi) is 7.68. The minimum absolute atomic E-state index is 0.109. The number of rotatable bonds is 9. The molecular formula is C23H20N4O6. The number of nitrogens with zero attached hydrogens (tertiary/aromatic N) is 2. The third-order valence-electron chi connectivity index (χ3n) is 4.32. The second kappa shape index (κ2) is 11.0. The van der Waals surface area contributed by atoms with Crippen LogP contribution in [0.5, 0.6) is 11.5 Å². The molecule has 10 heteroatoms. The highest BCUT2D eigenvalue weighted by Crippen LogP contribution is 2.27. The van der Waals surface area contributed by atoms with Gasteiger partial charge in [-0.2, -0.15) is 5.10 Å². The average Bonchev–Trinajstić information content (AvgIpc) is 2.83. The monoisotopic (exact) mass is 448 g/mol. The highest BCUT2D eigenvalue weighted by atomic mass is 16.6. The Morgan fingerprint density at radius 2 is 1.76 bits per heavy atom. The molecule has 2 amide bonds. The van der Waals surface area contributed by atoms with Crippen LogP contribution in [0.3, 0.4) is 0 Å². The largest absolute Gasteiger partial charge is 0.493 e. The molecule has 0 atom stereocenters. The topological polar surface area (TPSA) is 132 Å². The van der Waals surface area contributed by atoms with Gasteiger partial charge in [0.25, 0.3) is 17.5 Å². The van der Waals surface area contributed by atoms with Gasteiger partial charge in [-0.05, 0) is 48.0 Å². The second-order valence-electron chi connectivity index (χ2n) is 6.62. The lowest BCUT2D eigenvalue weighted by atomic mass is 10.2. The summed E-state index contributed by atoms with van der Waals surface area (Å²) in [6.45, 7) is -0.204. The smallest absolute Gasteiger partial charge is 0.271 e. The molecule has 3 aromatic rings. The van der Waals surface area contributed by atoms with Crippen molar-refractivity contribution in [2.24, 2.45) is 5.10 Å². The van der Waals surface area contributed by atoms with Gasteiger partial charge < -0.3 is 14.8 Å². The van der Waals surface area contributed by atoms with Crippen LogP contribution in [-0.2, 0) is 4.79 Å². The molecule has 0 heterocycles.